The third-order valence-corrected chi connectivity index (χ3v) is 6.26. The van der Waals surface area contributed by atoms with Crippen molar-refractivity contribution in [2.45, 2.75) is 32.0 Å². The number of hydrogen-bond donors (Lipinski definition) is 4. The number of hydrogen-bond acceptors (Lipinski definition) is 7. The zero-order valence-corrected chi connectivity index (χ0v) is 19.5. The molecule has 0 aliphatic carbocycles. The first-order valence-corrected chi connectivity index (χ1v) is 11.8. The van der Waals surface area contributed by atoms with Crippen molar-refractivity contribution >= 4 is 35.6 Å². The Hall–Kier alpha value is -3.94. The smallest absolute Gasteiger partial charge is 0.404 e. The molecule has 1 fully saturated rings. The van der Waals surface area contributed by atoms with E-state index in [-0.39, 0.29) is 0 Å². The number of carbonyl (C=O) groups is 1. The van der Waals surface area contributed by atoms with E-state index in [0.29, 0.717) is 30.5 Å². The predicted octanol–water partition coefficient (Wildman–Crippen LogP) is 3.29. The number of guanidine groups is 1. The summed E-state index contributed by atoms with van der Waals surface area (Å²) < 4.78 is 0. The fraction of sp³-hybridized carbons (Fsp3) is 0.346. The molecule has 9 heteroatoms. The molecule has 4 N–H and O–H groups in total. The van der Waals surface area contributed by atoms with Crippen LogP contribution in [0.2, 0.25) is 0 Å². The van der Waals surface area contributed by atoms with Crippen LogP contribution in [0.4, 0.5) is 16.2 Å². The SMILES string of the molecule is O=C=C1C=NC(Nc2ccc(N3CCC(CCNC(=O)O)CC3)cc2)=NC1NCc1ccccc1. The molecule has 0 aromatic heterocycles. The Morgan fingerprint density at radius 3 is 2.51 bits per heavy atom. The number of nitrogens with one attached hydrogen (secondary N) is 3. The molecule has 1 amide bonds. The molecule has 1 unspecified atom stereocenters. The molecular weight excluding hydrogens is 444 g/mol. The van der Waals surface area contributed by atoms with E-state index in [1.54, 1.807) is 0 Å². The van der Waals surface area contributed by atoms with Gasteiger partial charge in [0.15, 0.2) is 0 Å². The highest BCUT2D eigenvalue weighted by Gasteiger charge is 2.20. The van der Waals surface area contributed by atoms with Crippen molar-refractivity contribution in [3.63, 3.8) is 0 Å². The van der Waals surface area contributed by atoms with Crippen molar-refractivity contribution in [2.75, 3.05) is 29.9 Å². The summed E-state index contributed by atoms with van der Waals surface area (Å²) in [7, 11) is 0. The molecular formula is C26H30N6O3. The maximum absolute atomic E-state index is 11.3. The zero-order chi connectivity index (χ0) is 24.5. The van der Waals surface area contributed by atoms with Crippen LogP contribution >= 0.6 is 0 Å². The van der Waals surface area contributed by atoms with Crippen LogP contribution in [0.25, 0.3) is 0 Å². The van der Waals surface area contributed by atoms with Gasteiger partial charge in [-0.15, -0.1) is 0 Å². The predicted molar refractivity (Wildman–Crippen MR) is 138 cm³/mol. The number of aliphatic imine (C=N–C) groups is 2. The van der Waals surface area contributed by atoms with E-state index >= 15 is 0 Å². The zero-order valence-electron chi connectivity index (χ0n) is 19.5. The Morgan fingerprint density at radius 1 is 1.09 bits per heavy atom. The molecule has 2 aliphatic heterocycles. The monoisotopic (exact) mass is 474 g/mol. The summed E-state index contributed by atoms with van der Waals surface area (Å²) in [5, 5.41) is 17.6. The van der Waals surface area contributed by atoms with Gasteiger partial charge in [-0.25, -0.2) is 19.6 Å². The van der Waals surface area contributed by atoms with Crippen LogP contribution < -0.4 is 20.9 Å². The highest BCUT2D eigenvalue weighted by molar-refractivity contribution is 6.06. The van der Waals surface area contributed by atoms with E-state index in [1.807, 2.05) is 48.4 Å². The van der Waals surface area contributed by atoms with E-state index < -0.39 is 12.3 Å². The molecule has 0 bridgehead atoms. The lowest BCUT2D eigenvalue weighted by atomic mass is 9.93. The number of piperidine rings is 1. The maximum Gasteiger partial charge on any atom is 0.404 e. The molecule has 35 heavy (non-hydrogen) atoms. The van der Waals surface area contributed by atoms with E-state index in [2.05, 4.69) is 43.0 Å². The van der Waals surface area contributed by atoms with Crippen molar-refractivity contribution in [1.29, 1.82) is 0 Å². The minimum absolute atomic E-state index is 0.365. The van der Waals surface area contributed by atoms with Crippen molar-refractivity contribution in [3.8, 4) is 0 Å². The van der Waals surface area contributed by atoms with Gasteiger partial charge in [0.2, 0.25) is 5.96 Å². The van der Waals surface area contributed by atoms with Crippen LogP contribution in [-0.4, -0.2) is 55.1 Å². The highest BCUT2D eigenvalue weighted by Crippen LogP contribution is 2.26. The Labute approximate surface area is 204 Å². The lowest BCUT2D eigenvalue weighted by Gasteiger charge is -2.33. The largest absolute Gasteiger partial charge is 0.465 e. The molecule has 9 nitrogen and oxygen atoms in total. The second kappa shape index (κ2) is 12.0. The lowest BCUT2D eigenvalue weighted by Crippen LogP contribution is -2.35. The van der Waals surface area contributed by atoms with Gasteiger partial charge < -0.3 is 20.6 Å². The topological polar surface area (TPSA) is 118 Å². The van der Waals surface area contributed by atoms with Crippen LogP contribution in [0.3, 0.4) is 0 Å². The van der Waals surface area contributed by atoms with Crippen LogP contribution in [0.1, 0.15) is 24.8 Å². The number of carboxylic acid groups (broad SMARTS) is 1. The van der Waals surface area contributed by atoms with Crippen molar-refractivity contribution in [3.05, 3.63) is 65.7 Å². The molecule has 0 saturated carbocycles. The minimum atomic E-state index is -0.958. The van der Waals surface area contributed by atoms with Gasteiger partial charge in [0, 0.05) is 43.8 Å². The first kappa shape index (κ1) is 24.2. The van der Waals surface area contributed by atoms with Gasteiger partial charge in [-0.3, -0.25) is 5.32 Å². The normalized spacial score (nSPS) is 18.1. The van der Waals surface area contributed by atoms with E-state index in [9.17, 15) is 9.59 Å². The van der Waals surface area contributed by atoms with Gasteiger partial charge in [0.1, 0.15) is 12.1 Å². The summed E-state index contributed by atoms with van der Waals surface area (Å²) in [6, 6.07) is 18.1. The third-order valence-electron chi connectivity index (χ3n) is 6.26. The van der Waals surface area contributed by atoms with Crippen molar-refractivity contribution < 1.29 is 14.7 Å². The fourth-order valence-electron chi connectivity index (χ4n) is 4.29. The molecule has 1 saturated heterocycles. The number of carbonyl (C=O) groups excluding carboxylic acids is 1. The average Bonchev–Trinajstić information content (AvgIpc) is 2.89. The van der Waals surface area contributed by atoms with E-state index in [4.69, 9.17) is 5.11 Å². The second-order valence-corrected chi connectivity index (χ2v) is 8.66. The number of amides is 1. The number of benzene rings is 2. The van der Waals surface area contributed by atoms with Gasteiger partial charge in [-0.05, 0) is 55.0 Å². The van der Waals surface area contributed by atoms with E-state index in [0.717, 1.165) is 49.3 Å². The molecule has 2 aromatic carbocycles. The summed E-state index contributed by atoms with van der Waals surface area (Å²) >= 11 is 0. The van der Waals surface area contributed by atoms with Gasteiger partial charge in [0.05, 0.1) is 5.57 Å². The molecule has 1 atom stereocenters. The summed E-state index contributed by atoms with van der Waals surface area (Å²) in [6.45, 7) is 3.00. The van der Waals surface area contributed by atoms with Crippen molar-refractivity contribution in [1.82, 2.24) is 10.6 Å². The molecule has 2 heterocycles. The third kappa shape index (κ3) is 7.02. The Bertz CT molecular complexity index is 1100. The number of anilines is 2. The molecule has 2 aliphatic rings. The molecule has 182 valence electrons. The van der Waals surface area contributed by atoms with Gasteiger partial charge in [-0.1, -0.05) is 30.3 Å². The van der Waals surface area contributed by atoms with Gasteiger partial charge in [-0.2, -0.15) is 0 Å². The van der Waals surface area contributed by atoms with Crippen LogP contribution in [0.15, 0.2) is 70.2 Å². The molecule has 0 radical (unpaired) electrons. The maximum atomic E-state index is 11.3. The van der Waals surface area contributed by atoms with Crippen molar-refractivity contribution in [2.24, 2.45) is 15.9 Å². The minimum Gasteiger partial charge on any atom is -0.465 e. The number of nitrogens with zero attached hydrogens (tertiary/aromatic N) is 3. The number of rotatable bonds is 8. The van der Waals surface area contributed by atoms with Crippen LogP contribution in [0.5, 0.6) is 0 Å². The summed E-state index contributed by atoms with van der Waals surface area (Å²) in [4.78, 5) is 33.1. The first-order valence-electron chi connectivity index (χ1n) is 11.8. The standard InChI is InChI=1S/C26H30N6O3/c33-18-21-17-29-25(31-24(21)28-16-20-4-2-1-3-5-20)30-22-6-8-23(9-7-22)32-14-11-19(12-15-32)10-13-27-26(34)35/h1-9,17,19,24,27-28H,10-16H2,(H,30,31)(H,34,35). The van der Waals surface area contributed by atoms with E-state index in [1.165, 1.54) is 6.21 Å². The Morgan fingerprint density at radius 2 is 1.83 bits per heavy atom. The molecule has 4 rings (SSSR count). The first-order chi connectivity index (χ1) is 17.1. The Balaban J connectivity index is 1.30. The Kier molecular flexibility index (Phi) is 8.27. The molecule has 2 aromatic rings. The summed E-state index contributed by atoms with van der Waals surface area (Å²) in [6.07, 6.45) is 3.01. The fourth-order valence-corrected chi connectivity index (χ4v) is 4.29. The quantitative estimate of drug-likeness (QED) is 0.436. The van der Waals surface area contributed by atoms with Crippen LogP contribution in [0, 0.1) is 5.92 Å². The summed E-state index contributed by atoms with van der Waals surface area (Å²) in [5.41, 5.74) is 3.48. The van der Waals surface area contributed by atoms with Gasteiger partial charge >= 0.3 is 6.09 Å². The van der Waals surface area contributed by atoms with Gasteiger partial charge in [0.25, 0.3) is 0 Å². The van der Waals surface area contributed by atoms with Crippen LogP contribution in [-0.2, 0) is 11.3 Å². The summed E-state index contributed by atoms with van der Waals surface area (Å²) in [5.74, 6) is 2.90. The second-order valence-electron chi connectivity index (χ2n) is 8.66. The lowest BCUT2D eigenvalue weighted by molar-refractivity contribution is 0.193. The average molecular weight is 475 g/mol. The molecule has 0 spiro atoms. The highest BCUT2D eigenvalue weighted by atomic mass is 16.4.